The lowest BCUT2D eigenvalue weighted by atomic mass is 9.55. The number of carbonyl (C=O) groups excluding carboxylic acids is 1. The van der Waals surface area contributed by atoms with Crippen LogP contribution < -0.4 is 4.74 Å². The Hall–Kier alpha value is -1.62. The van der Waals surface area contributed by atoms with Crippen molar-refractivity contribution in [2.24, 2.45) is 17.3 Å². The summed E-state index contributed by atoms with van der Waals surface area (Å²) in [5, 5.41) is 0.490. The van der Waals surface area contributed by atoms with E-state index < -0.39 is 0 Å². The minimum atomic E-state index is -0.133. The first kappa shape index (κ1) is 19.7. The van der Waals surface area contributed by atoms with E-state index in [2.05, 4.69) is 25.1 Å². The molecule has 0 radical (unpaired) electrons. The summed E-state index contributed by atoms with van der Waals surface area (Å²) in [5.41, 5.74) is 3.06. The van der Waals surface area contributed by atoms with Gasteiger partial charge in [-0.2, -0.15) is 0 Å². The number of hydrogen-bond acceptors (Lipinski definition) is 4. The third-order valence-corrected chi connectivity index (χ3v) is 7.94. The van der Waals surface area contributed by atoms with Gasteiger partial charge in [-0.05, 0) is 91.8 Å². The molecule has 5 atom stereocenters. The number of hydrogen-bond donors (Lipinski definition) is 0. The number of thiocarbonyl (C=S) groups is 1. The predicted molar refractivity (Wildman–Crippen MR) is 114 cm³/mol. The Kier molecular flexibility index (Phi) is 5.15. The van der Waals surface area contributed by atoms with E-state index in [0.717, 1.165) is 25.0 Å². The third-order valence-electron chi connectivity index (χ3n) is 7.49. The van der Waals surface area contributed by atoms with Crippen LogP contribution in [0, 0.1) is 17.3 Å². The molecule has 0 heterocycles. The highest BCUT2D eigenvalue weighted by molar-refractivity contribution is 7.80. The van der Waals surface area contributed by atoms with Crippen LogP contribution in [0.4, 0.5) is 0 Å². The maximum atomic E-state index is 11.6. The Balaban J connectivity index is 1.55. The molecule has 0 saturated heterocycles. The molecule has 0 aromatic heterocycles. The van der Waals surface area contributed by atoms with E-state index in [1.807, 2.05) is 19.0 Å². The van der Waals surface area contributed by atoms with E-state index in [1.54, 1.807) is 6.92 Å². The van der Waals surface area contributed by atoms with Gasteiger partial charge in [0.25, 0.3) is 5.17 Å². The number of aryl methyl sites for hydroxylation is 1. The van der Waals surface area contributed by atoms with E-state index in [-0.39, 0.29) is 17.5 Å². The van der Waals surface area contributed by atoms with Gasteiger partial charge >= 0.3 is 5.97 Å². The molecule has 1 aromatic rings. The molecular formula is C23H31NO3S. The van der Waals surface area contributed by atoms with Crippen molar-refractivity contribution in [1.82, 2.24) is 4.90 Å². The Morgan fingerprint density at radius 1 is 1.21 bits per heavy atom. The maximum Gasteiger partial charge on any atom is 0.302 e. The number of ether oxygens (including phenoxy) is 2. The van der Waals surface area contributed by atoms with Crippen LogP contribution in [0.3, 0.4) is 0 Å². The molecule has 0 bridgehead atoms. The minimum absolute atomic E-state index is 0.0974. The lowest BCUT2D eigenvalue weighted by Crippen LogP contribution is -2.45. The first-order valence-corrected chi connectivity index (χ1v) is 10.9. The van der Waals surface area contributed by atoms with Crippen LogP contribution in [0.15, 0.2) is 18.2 Å². The van der Waals surface area contributed by atoms with Crippen LogP contribution in [0.5, 0.6) is 5.75 Å². The van der Waals surface area contributed by atoms with Crippen molar-refractivity contribution in [2.75, 3.05) is 14.1 Å². The summed E-state index contributed by atoms with van der Waals surface area (Å²) in [5.74, 6) is 2.67. The van der Waals surface area contributed by atoms with Gasteiger partial charge in [-0.1, -0.05) is 13.0 Å². The molecule has 4 nitrogen and oxygen atoms in total. The van der Waals surface area contributed by atoms with Crippen LogP contribution in [-0.4, -0.2) is 36.2 Å². The summed E-state index contributed by atoms with van der Waals surface area (Å²) in [6, 6.07) is 6.52. The lowest BCUT2D eigenvalue weighted by Gasteiger charge is -2.50. The highest BCUT2D eigenvalue weighted by Crippen LogP contribution is 2.61. The average Bonchev–Trinajstić information content (AvgIpc) is 2.97. The fourth-order valence-electron chi connectivity index (χ4n) is 6.16. The minimum Gasteiger partial charge on any atom is -0.462 e. The monoisotopic (exact) mass is 401 g/mol. The molecule has 0 amide bonds. The van der Waals surface area contributed by atoms with Crippen molar-refractivity contribution in [1.29, 1.82) is 0 Å². The molecule has 0 unspecified atom stereocenters. The van der Waals surface area contributed by atoms with Gasteiger partial charge in [-0.3, -0.25) is 4.79 Å². The van der Waals surface area contributed by atoms with E-state index >= 15 is 0 Å². The van der Waals surface area contributed by atoms with Gasteiger partial charge in [0.1, 0.15) is 11.9 Å². The molecule has 3 aliphatic carbocycles. The molecule has 5 heteroatoms. The average molecular weight is 402 g/mol. The van der Waals surface area contributed by atoms with E-state index in [9.17, 15) is 4.79 Å². The summed E-state index contributed by atoms with van der Waals surface area (Å²) >= 11 is 5.28. The Labute approximate surface area is 173 Å². The predicted octanol–water partition coefficient (Wildman–Crippen LogP) is 4.70. The number of rotatable bonds is 2. The standard InChI is InChI=1S/C23H31NO3S/c1-14(25)26-21-10-9-20-19-7-5-15-13-16(27-22(28)24(3)4)6-8-17(15)18(19)11-12-23(20,21)2/h6,8,13,18-21H,5,7,9-12H2,1-4H3/t18-,19-,20-,21-,23-/m0/s1. The lowest BCUT2D eigenvalue weighted by molar-refractivity contribution is -0.154. The van der Waals surface area contributed by atoms with Gasteiger partial charge in [0.2, 0.25) is 0 Å². The zero-order valence-electron chi connectivity index (χ0n) is 17.4. The second kappa shape index (κ2) is 7.33. The SMILES string of the molecule is CC(=O)O[C@H]1CC[C@H]2[C@H]3CCc4cc(OC(=S)N(C)C)ccc4[C@@H]3CC[C@]12C. The topological polar surface area (TPSA) is 38.8 Å². The fourth-order valence-corrected chi connectivity index (χ4v) is 6.26. The zero-order chi connectivity index (χ0) is 20.1. The summed E-state index contributed by atoms with van der Waals surface area (Å²) in [4.78, 5) is 13.4. The van der Waals surface area contributed by atoms with Crippen LogP contribution >= 0.6 is 12.2 Å². The van der Waals surface area contributed by atoms with E-state index in [0.29, 0.717) is 22.9 Å². The molecule has 2 saturated carbocycles. The number of nitrogens with zero attached hydrogens (tertiary/aromatic N) is 1. The quantitative estimate of drug-likeness (QED) is 0.530. The summed E-state index contributed by atoms with van der Waals surface area (Å²) < 4.78 is 11.6. The Morgan fingerprint density at radius 3 is 2.71 bits per heavy atom. The maximum absolute atomic E-state index is 11.6. The van der Waals surface area contributed by atoms with Crippen LogP contribution in [0.1, 0.15) is 63.0 Å². The summed E-state index contributed by atoms with van der Waals surface area (Å²) in [7, 11) is 3.80. The molecule has 0 spiro atoms. The van der Waals surface area contributed by atoms with Gasteiger partial charge in [0, 0.05) is 26.4 Å². The molecule has 28 heavy (non-hydrogen) atoms. The largest absolute Gasteiger partial charge is 0.462 e. The third kappa shape index (κ3) is 3.32. The summed E-state index contributed by atoms with van der Waals surface area (Å²) in [6.07, 6.45) is 6.92. The summed E-state index contributed by atoms with van der Waals surface area (Å²) in [6.45, 7) is 3.91. The van der Waals surface area contributed by atoms with Gasteiger partial charge in [0.15, 0.2) is 0 Å². The van der Waals surface area contributed by atoms with Crippen molar-refractivity contribution in [2.45, 2.75) is 64.4 Å². The van der Waals surface area contributed by atoms with Gasteiger partial charge in [-0.15, -0.1) is 0 Å². The van der Waals surface area contributed by atoms with Crippen molar-refractivity contribution < 1.29 is 14.3 Å². The van der Waals surface area contributed by atoms with Crippen molar-refractivity contribution in [3.05, 3.63) is 29.3 Å². The fraction of sp³-hybridized carbons (Fsp3) is 0.652. The van der Waals surface area contributed by atoms with Crippen molar-refractivity contribution >= 4 is 23.4 Å². The molecule has 1 aromatic carbocycles. The number of carbonyl (C=O) groups is 1. The first-order chi connectivity index (χ1) is 13.3. The molecular weight excluding hydrogens is 370 g/mol. The van der Waals surface area contributed by atoms with Crippen molar-refractivity contribution in [3.8, 4) is 5.75 Å². The van der Waals surface area contributed by atoms with Gasteiger partial charge < -0.3 is 14.4 Å². The van der Waals surface area contributed by atoms with E-state index in [4.69, 9.17) is 21.7 Å². The Bertz CT molecular complexity index is 792. The van der Waals surface area contributed by atoms with Crippen LogP contribution in [-0.2, 0) is 16.0 Å². The molecule has 0 N–H and O–H groups in total. The number of esters is 1. The second-order valence-electron chi connectivity index (χ2n) is 9.26. The smallest absolute Gasteiger partial charge is 0.302 e. The van der Waals surface area contributed by atoms with Gasteiger partial charge in [0.05, 0.1) is 0 Å². The second-order valence-corrected chi connectivity index (χ2v) is 9.61. The zero-order valence-corrected chi connectivity index (χ0v) is 18.2. The molecule has 0 aliphatic heterocycles. The molecule has 3 aliphatic rings. The highest BCUT2D eigenvalue weighted by atomic mass is 32.1. The van der Waals surface area contributed by atoms with E-state index in [1.165, 1.54) is 30.4 Å². The van der Waals surface area contributed by atoms with Gasteiger partial charge in [-0.25, -0.2) is 0 Å². The molecule has 4 rings (SSSR count). The molecule has 152 valence electrons. The number of benzene rings is 1. The number of fused-ring (bicyclic) bond motifs is 5. The van der Waals surface area contributed by atoms with Crippen LogP contribution in [0.25, 0.3) is 0 Å². The molecule has 2 fully saturated rings. The van der Waals surface area contributed by atoms with Crippen molar-refractivity contribution in [3.63, 3.8) is 0 Å². The first-order valence-electron chi connectivity index (χ1n) is 10.5. The van der Waals surface area contributed by atoms with Crippen LogP contribution in [0.2, 0.25) is 0 Å². The normalized spacial score (nSPS) is 33.3. The Morgan fingerprint density at radius 2 is 2.00 bits per heavy atom. The highest BCUT2D eigenvalue weighted by Gasteiger charge is 2.56.